The average Bonchev–Trinajstić information content (AvgIpc) is 2.61. The maximum absolute atomic E-state index is 13.3. The van der Waals surface area contributed by atoms with E-state index in [9.17, 15) is 18.3 Å². The summed E-state index contributed by atoms with van der Waals surface area (Å²) in [5.41, 5.74) is 3.22. The minimum absolute atomic E-state index is 0.0254. The van der Waals surface area contributed by atoms with Crippen molar-refractivity contribution in [1.29, 1.82) is 0 Å². The molecular weight excluding hydrogens is 402 g/mol. The number of carbonyl (C=O) groups is 1. The van der Waals surface area contributed by atoms with Gasteiger partial charge in [0, 0.05) is 19.6 Å². The largest absolute Gasteiger partial charge is 0.478 e. The van der Waals surface area contributed by atoms with Gasteiger partial charge in [0.2, 0.25) is 0 Å². The fourth-order valence-corrected chi connectivity index (χ4v) is 5.10. The van der Waals surface area contributed by atoms with Crippen molar-refractivity contribution in [3.05, 3.63) is 52.6 Å². The number of aromatic carboxylic acids is 1. The van der Waals surface area contributed by atoms with Crippen molar-refractivity contribution in [1.82, 2.24) is 4.90 Å². The lowest BCUT2D eigenvalue weighted by atomic mass is 10.1. The van der Waals surface area contributed by atoms with E-state index in [1.807, 2.05) is 49.9 Å². The third-order valence-electron chi connectivity index (χ3n) is 4.90. The van der Waals surface area contributed by atoms with Crippen LogP contribution in [0.1, 0.15) is 34.0 Å². The van der Waals surface area contributed by atoms with Gasteiger partial charge in [-0.3, -0.25) is 4.72 Å². The van der Waals surface area contributed by atoms with Crippen molar-refractivity contribution in [2.45, 2.75) is 32.6 Å². The molecular formula is C22H31N3O4S. The molecule has 0 saturated heterocycles. The first kappa shape index (κ1) is 23.7. The number of carboxylic acids is 1. The van der Waals surface area contributed by atoms with Crippen molar-refractivity contribution in [2.75, 3.05) is 43.4 Å². The summed E-state index contributed by atoms with van der Waals surface area (Å²) in [4.78, 5) is 15.8. The fraction of sp³-hybridized carbons (Fsp3) is 0.409. The average molecular weight is 434 g/mol. The zero-order valence-corrected chi connectivity index (χ0v) is 19.3. The van der Waals surface area contributed by atoms with Crippen molar-refractivity contribution in [2.24, 2.45) is 0 Å². The van der Waals surface area contributed by atoms with Crippen LogP contribution in [0.2, 0.25) is 0 Å². The van der Waals surface area contributed by atoms with Gasteiger partial charge < -0.3 is 14.9 Å². The molecule has 0 radical (unpaired) electrons. The molecule has 0 fully saturated rings. The fourth-order valence-electron chi connectivity index (χ4n) is 3.58. The number of hydrogen-bond donors (Lipinski definition) is 2. The predicted molar refractivity (Wildman–Crippen MR) is 121 cm³/mol. The number of sulfonamides is 1. The van der Waals surface area contributed by atoms with E-state index in [1.165, 1.54) is 12.1 Å². The Morgan fingerprint density at radius 3 is 2.13 bits per heavy atom. The minimum atomic E-state index is -3.91. The standard InChI is InChI=1S/C22H31N3O4S/c1-7-25(11-10-24(5)6)20-9-8-18(22(26)27)14-19(20)23-30(28,29)21-16(3)12-15(2)13-17(21)4/h8-9,12-14,23H,7,10-11H2,1-6H3,(H,26,27). The molecule has 0 bridgehead atoms. The number of carboxylic acid groups (broad SMARTS) is 1. The zero-order valence-electron chi connectivity index (χ0n) is 18.5. The predicted octanol–water partition coefficient (Wildman–Crippen LogP) is 3.50. The van der Waals surface area contributed by atoms with Gasteiger partial charge >= 0.3 is 5.97 Å². The number of anilines is 2. The van der Waals surface area contributed by atoms with E-state index in [4.69, 9.17) is 0 Å². The molecule has 7 nitrogen and oxygen atoms in total. The summed E-state index contributed by atoms with van der Waals surface area (Å²) in [6, 6.07) is 8.19. The second kappa shape index (κ2) is 9.49. The quantitative estimate of drug-likeness (QED) is 0.629. The molecule has 0 unspecified atom stereocenters. The van der Waals surface area contributed by atoms with E-state index in [2.05, 4.69) is 4.72 Å². The van der Waals surface area contributed by atoms with Crippen molar-refractivity contribution < 1.29 is 18.3 Å². The summed E-state index contributed by atoms with van der Waals surface area (Å²) in [6.07, 6.45) is 0. The lowest BCUT2D eigenvalue weighted by Crippen LogP contribution is -2.32. The van der Waals surface area contributed by atoms with Crippen LogP contribution in [0.5, 0.6) is 0 Å². The van der Waals surface area contributed by atoms with Crippen molar-refractivity contribution >= 4 is 27.4 Å². The Morgan fingerprint density at radius 1 is 1.03 bits per heavy atom. The van der Waals surface area contributed by atoms with Crippen LogP contribution in [-0.2, 0) is 10.0 Å². The van der Waals surface area contributed by atoms with E-state index in [-0.39, 0.29) is 16.1 Å². The minimum Gasteiger partial charge on any atom is -0.478 e. The van der Waals surface area contributed by atoms with Gasteiger partial charge in [-0.2, -0.15) is 0 Å². The first-order chi connectivity index (χ1) is 14.0. The van der Waals surface area contributed by atoms with Gasteiger partial charge in [-0.25, -0.2) is 13.2 Å². The van der Waals surface area contributed by atoms with Crippen LogP contribution in [-0.4, -0.2) is 58.1 Å². The number of nitrogens with zero attached hydrogens (tertiary/aromatic N) is 2. The Labute approximate surface area is 179 Å². The summed E-state index contributed by atoms with van der Waals surface area (Å²) in [5.74, 6) is -1.11. The van der Waals surface area contributed by atoms with Gasteiger partial charge in [-0.05, 0) is 71.1 Å². The highest BCUT2D eigenvalue weighted by Crippen LogP contribution is 2.31. The van der Waals surface area contributed by atoms with Crippen LogP contribution >= 0.6 is 0 Å². The summed E-state index contributed by atoms with van der Waals surface area (Å²) >= 11 is 0. The van der Waals surface area contributed by atoms with E-state index in [0.29, 0.717) is 29.9 Å². The SMILES string of the molecule is CCN(CCN(C)C)c1ccc(C(=O)O)cc1NS(=O)(=O)c1c(C)cc(C)cc1C. The van der Waals surface area contributed by atoms with Gasteiger partial charge in [0.1, 0.15) is 0 Å². The maximum atomic E-state index is 13.3. The molecule has 8 heteroatoms. The van der Waals surface area contributed by atoms with Gasteiger partial charge in [0.05, 0.1) is 21.8 Å². The number of aryl methyl sites for hydroxylation is 3. The third kappa shape index (κ3) is 5.52. The highest BCUT2D eigenvalue weighted by Gasteiger charge is 2.23. The molecule has 2 rings (SSSR count). The van der Waals surface area contributed by atoms with Gasteiger partial charge in [-0.15, -0.1) is 0 Å². The molecule has 30 heavy (non-hydrogen) atoms. The molecule has 0 aliphatic rings. The van der Waals surface area contributed by atoms with Crippen LogP contribution in [0, 0.1) is 20.8 Å². The Balaban J connectivity index is 2.55. The number of likely N-dealkylation sites (N-methyl/N-ethyl adjacent to an activating group) is 2. The van der Waals surface area contributed by atoms with Crippen LogP contribution in [0.4, 0.5) is 11.4 Å². The van der Waals surface area contributed by atoms with Gasteiger partial charge in [-0.1, -0.05) is 17.7 Å². The Kier molecular flexibility index (Phi) is 7.49. The second-order valence-corrected chi connectivity index (χ2v) is 9.37. The number of rotatable bonds is 9. The van der Waals surface area contributed by atoms with E-state index in [0.717, 1.165) is 12.1 Å². The summed E-state index contributed by atoms with van der Waals surface area (Å²) in [7, 11) is 0.0230. The monoisotopic (exact) mass is 433 g/mol. The first-order valence-corrected chi connectivity index (χ1v) is 11.3. The molecule has 0 aliphatic heterocycles. The highest BCUT2D eigenvalue weighted by atomic mass is 32.2. The molecule has 2 N–H and O–H groups in total. The van der Waals surface area contributed by atoms with Crippen molar-refractivity contribution in [3.8, 4) is 0 Å². The van der Waals surface area contributed by atoms with Crippen LogP contribution < -0.4 is 9.62 Å². The number of hydrogen-bond acceptors (Lipinski definition) is 5. The second-order valence-electron chi connectivity index (χ2n) is 7.75. The Bertz CT molecular complexity index is 1010. The Morgan fingerprint density at radius 2 is 1.63 bits per heavy atom. The van der Waals surface area contributed by atoms with Crippen molar-refractivity contribution in [3.63, 3.8) is 0 Å². The molecule has 2 aromatic rings. The molecule has 0 aromatic heterocycles. The molecule has 0 amide bonds. The topological polar surface area (TPSA) is 89.9 Å². The normalized spacial score (nSPS) is 11.6. The Hall–Kier alpha value is -2.58. The summed E-state index contributed by atoms with van der Waals surface area (Å²) < 4.78 is 29.2. The molecule has 164 valence electrons. The van der Waals surface area contributed by atoms with E-state index in [1.54, 1.807) is 19.9 Å². The maximum Gasteiger partial charge on any atom is 0.335 e. The first-order valence-electron chi connectivity index (χ1n) is 9.84. The molecule has 0 spiro atoms. The lowest BCUT2D eigenvalue weighted by Gasteiger charge is -2.28. The van der Waals surface area contributed by atoms with Crippen LogP contribution in [0.3, 0.4) is 0 Å². The molecule has 0 heterocycles. The molecule has 0 saturated carbocycles. The van der Waals surface area contributed by atoms with Crippen LogP contribution in [0.25, 0.3) is 0 Å². The van der Waals surface area contributed by atoms with E-state index < -0.39 is 16.0 Å². The molecule has 0 aliphatic carbocycles. The zero-order chi connectivity index (χ0) is 22.6. The van der Waals surface area contributed by atoms with Gasteiger partial charge in [0.15, 0.2) is 0 Å². The number of benzene rings is 2. The molecule has 2 aromatic carbocycles. The van der Waals surface area contributed by atoms with Gasteiger partial charge in [0.25, 0.3) is 10.0 Å². The smallest absolute Gasteiger partial charge is 0.335 e. The van der Waals surface area contributed by atoms with Crippen LogP contribution in [0.15, 0.2) is 35.2 Å². The van der Waals surface area contributed by atoms with E-state index >= 15 is 0 Å². The third-order valence-corrected chi connectivity index (χ3v) is 6.57. The highest BCUT2D eigenvalue weighted by molar-refractivity contribution is 7.92. The number of nitrogens with one attached hydrogen (secondary N) is 1. The summed E-state index contributed by atoms with van der Waals surface area (Å²) in [6.45, 7) is 9.52. The summed E-state index contributed by atoms with van der Waals surface area (Å²) in [5, 5.41) is 9.41. The molecule has 0 atom stereocenters. The lowest BCUT2D eigenvalue weighted by molar-refractivity contribution is 0.0697.